The maximum Gasteiger partial charge on any atom is 0.262 e. The van der Waals surface area contributed by atoms with Crippen molar-refractivity contribution in [2.45, 2.75) is 63.3 Å². The van der Waals surface area contributed by atoms with Gasteiger partial charge in [-0.25, -0.2) is 0 Å². The molecular weight excluding hydrogens is 734 g/mol. The van der Waals surface area contributed by atoms with Gasteiger partial charge in [-0.15, -0.1) is 0 Å². The number of hydrogen-bond acceptors (Lipinski definition) is 10. The average molecular weight is 776 g/mol. The molecule has 3 aromatic carbocycles. The summed E-state index contributed by atoms with van der Waals surface area (Å²) < 4.78 is 6.18. The van der Waals surface area contributed by atoms with E-state index in [1.165, 1.54) is 0 Å². The van der Waals surface area contributed by atoms with Crippen LogP contribution in [0.15, 0.2) is 54.6 Å². The summed E-state index contributed by atoms with van der Waals surface area (Å²) in [6.45, 7) is 7.04. The number of anilines is 2. The minimum absolute atomic E-state index is 0.0511. The van der Waals surface area contributed by atoms with Crippen LogP contribution in [0.1, 0.15) is 80.7 Å². The summed E-state index contributed by atoms with van der Waals surface area (Å²) in [4.78, 5) is 74.1. The second-order valence-electron chi connectivity index (χ2n) is 15.8. The largest absolute Gasteiger partial charge is 0.490 e. The minimum atomic E-state index is -0.971. The summed E-state index contributed by atoms with van der Waals surface area (Å²) in [5, 5.41) is 11.8. The molecule has 1 N–H and O–H groups in total. The van der Waals surface area contributed by atoms with Crippen molar-refractivity contribution in [3.63, 3.8) is 0 Å². The maximum absolute atomic E-state index is 13.5. The predicted molar refractivity (Wildman–Crippen MR) is 207 cm³/mol. The number of halogens is 1. The monoisotopic (exact) mass is 775 g/mol. The first-order valence-electron chi connectivity index (χ1n) is 19.5. The van der Waals surface area contributed by atoms with Gasteiger partial charge in [0.25, 0.3) is 17.7 Å². The Kier molecular flexibility index (Phi) is 9.42. The zero-order valence-electron chi connectivity index (χ0n) is 30.9. The molecule has 5 aliphatic heterocycles. The first kappa shape index (κ1) is 36.2. The van der Waals surface area contributed by atoms with Crippen molar-refractivity contribution in [1.82, 2.24) is 20.0 Å². The van der Waals surface area contributed by atoms with Crippen LogP contribution in [0.4, 0.5) is 11.4 Å². The number of benzene rings is 3. The number of amides is 5. The van der Waals surface area contributed by atoms with Crippen LogP contribution in [-0.2, 0) is 16.1 Å². The van der Waals surface area contributed by atoms with Crippen molar-refractivity contribution < 1.29 is 28.7 Å². The Bertz CT molecular complexity index is 2180. The van der Waals surface area contributed by atoms with Crippen molar-refractivity contribution in [2.24, 2.45) is 5.92 Å². The Morgan fingerprint density at radius 2 is 1.48 bits per heavy atom. The molecule has 0 radical (unpaired) electrons. The second kappa shape index (κ2) is 14.6. The number of hydrogen-bond donors (Lipinski definition) is 1. The molecule has 4 fully saturated rings. The van der Waals surface area contributed by atoms with Gasteiger partial charge in [-0.2, -0.15) is 5.26 Å². The van der Waals surface area contributed by atoms with E-state index in [0.29, 0.717) is 39.9 Å². The van der Waals surface area contributed by atoms with E-state index >= 15 is 0 Å². The molecule has 5 heterocycles. The predicted octanol–water partition coefficient (Wildman–Crippen LogP) is 4.22. The van der Waals surface area contributed by atoms with E-state index in [4.69, 9.17) is 21.6 Å². The van der Waals surface area contributed by atoms with Crippen molar-refractivity contribution >= 4 is 52.5 Å². The van der Waals surface area contributed by atoms with Crippen LogP contribution < -0.4 is 19.9 Å². The molecular formula is C42H42ClN7O6. The van der Waals surface area contributed by atoms with Gasteiger partial charge in [0.05, 0.1) is 27.8 Å². The summed E-state index contributed by atoms with van der Waals surface area (Å²) in [7, 11) is 0. The van der Waals surface area contributed by atoms with Gasteiger partial charge < -0.3 is 19.4 Å². The third-order valence-corrected chi connectivity index (χ3v) is 12.7. The van der Waals surface area contributed by atoms with Crippen molar-refractivity contribution in [3.05, 3.63) is 87.4 Å². The van der Waals surface area contributed by atoms with E-state index in [0.717, 1.165) is 98.9 Å². The highest BCUT2D eigenvalue weighted by Crippen LogP contribution is 2.36. The first-order chi connectivity index (χ1) is 27.1. The number of nitrogens with one attached hydrogen (secondary N) is 1. The van der Waals surface area contributed by atoms with Crippen LogP contribution in [0.25, 0.3) is 0 Å². The van der Waals surface area contributed by atoms with Crippen LogP contribution in [-0.4, -0.2) is 108 Å². The quantitative estimate of drug-likeness (QED) is 0.330. The zero-order chi connectivity index (χ0) is 38.7. The molecule has 6 aliphatic rings. The van der Waals surface area contributed by atoms with Crippen LogP contribution in [0, 0.1) is 17.2 Å². The Balaban J connectivity index is 0.734. The highest BCUT2D eigenvalue weighted by Gasteiger charge is 2.45. The number of carbonyl (C=O) groups is 5. The fourth-order valence-corrected chi connectivity index (χ4v) is 9.47. The summed E-state index contributed by atoms with van der Waals surface area (Å²) >= 11 is 6.19. The number of carbonyl (C=O) groups excluding carboxylic acids is 5. The lowest BCUT2D eigenvalue weighted by atomic mass is 9.92. The number of piperazine rings is 1. The van der Waals surface area contributed by atoms with Gasteiger partial charge in [-0.3, -0.25) is 39.1 Å². The third-order valence-electron chi connectivity index (χ3n) is 12.4. The summed E-state index contributed by atoms with van der Waals surface area (Å²) in [6.07, 6.45) is 3.73. The molecule has 1 aliphatic carbocycles. The molecule has 13 nitrogen and oxygen atoms in total. The number of imide groups is 2. The average Bonchev–Trinajstić information content (AvgIpc) is 3.64. The van der Waals surface area contributed by atoms with Crippen LogP contribution >= 0.6 is 11.6 Å². The number of rotatable bonds is 8. The van der Waals surface area contributed by atoms with Gasteiger partial charge in [-0.1, -0.05) is 11.6 Å². The Hall–Kier alpha value is -5.45. The van der Waals surface area contributed by atoms with Crippen LogP contribution in [0.3, 0.4) is 0 Å². The molecule has 0 bridgehead atoms. The topological polar surface area (TPSA) is 147 Å². The fourth-order valence-electron chi connectivity index (χ4n) is 9.25. The number of nitriles is 1. The molecule has 3 aromatic rings. The minimum Gasteiger partial charge on any atom is -0.490 e. The molecule has 288 valence electrons. The molecule has 0 spiro atoms. The van der Waals surface area contributed by atoms with Crippen LogP contribution in [0.2, 0.25) is 5.02 Å². The lowest BCUT2D eigenvalue weighted by molar-refractivity contribution is -0.136. The normalized spacial score (nSPS) is 24.2. The maximum atomic E-state index is 13.5. The molecule has 0 aromatic heterocycles. The van der Waals surface area contributed by atoms with Crippen molar-refractivity contribution in [2.75, 3.05) is 55.6 Å². The molecule has 1 saturated carbocycles. The van der Waals surface area contributed by atoms with Gasteiger partial charge >= 0.3 is 0 Å². The van der Waals surface area contributed by atoms with Crippen molar-refractivity contribution in [3.8, 4) is 11.8 Å². The second-order valence-corrected chi connectivity index (χ2v) is 16.2. The summed E-state index contributed by atoms with van der Waals surface area (Å²) in [5.41, 5.74) is 4.97. The standard InChI is InChI=1S/C42H42ClN7O6/c43-36-19-32(6-1-26(36)20-44)56-31-7-2-28(3-8-31)49-24-27-17-29(4-9-33(27)40(49)53)47-15-13-46(14-16-47)21-25-22-48(23-25)30-5-10-34-35(18-30)42(55)50(41(34)54)37-11-12-38(51)45-39(37)52/h1,4-6,9-10,17-19,25,28,31,37H,2-3,7-8,11-16,21-24H2,(H,45,51,52). The molecule has 9 rings (SSSR count). The highest BCUT2D eigenvalue weighted by molar-refractivity contribution is 6.31. The molecule has 1 atom stereocenters. The van der Waals surface area contributed by atoms with Gasteiger partial charge in [0, 0.05) is 93.7 Å². The molecule has 1 unspecified atom stereocenters. The van der Waals surface area contributed by atoms with Gasteiger partial charge in [0.15, 0.2) is 0 Å². The first-order valence-corrected chi connectivity index (χ1v) is 19.9. The van der Waals surface area contributed by atoms with Crippen LogP contribution in [0.5, 0.6) is 5.75 Å². The Morgan fingerprint density at radius 3 is 2.20 bits per heavy atom. The van der Waals surface area contributed by atoms with Gasteiger partial charge in [0.2, 0.25) is 11.8 Å². The number of piperidine rings is 1. The molecule has 3 saturated heterocycles. The lowest BCUT2D eigenvalue weighted by Gasteiger charge is -2.45. The highest BCUT2D eigenvalue weighted by atomic mass is 35.5. The smallest absolute Gasteiger partial charge is 0.262 e. The SMILES string of the molecule is N#Cc1ccc(OC2CCC(N3Cc4cc(N5CCN(CC6CN(c7ccc8c(c7)C(=O)N(C7CCC(=O)NC7=O)C8=O)C6)CC5)ccc4C3=O)CC2)cc1Cl. The van der Waals surface area contributed by atoms with E-state index in [-0.39, 0.29) is 30.9 Å². The number of nitrogens with zero attached hydrogens (tertiary/aromatic N) is 6. The molecule has 14 heteroatoms. The molecule has 56 heavy (non-hydrogen) atoms. The van der Waals surface area contributed by atoms with E-state index in [1.807, 2.05) is 17.0 Å². The molecule has 5 amide bonds. The van der Waals surface area contributed by atoms with Crippen molar-refractivity contribution in [1.29, 1.82) is 5.26 Å². The van der Waals surface area contributed by atoms with Gasteiger partial charge in [0.1, 0.15) is 17.9 Å². The van der Waals surface area contributed by atoms with Gasteiger partial charge in [-0.05, 0) is 86.2 Å². The lowest BCUT2D eigenvalue weighted by Crippen LogP contribution is -2.55. The Labute approximate surface area is 329 Å². The van der Waals surface area contributed by atoms with E-state index in [1.54, 1.807) is 30.3 Å². The van der Waals surface area contributed by atoms with E-state index in [9.17, 15) is 24.0 Å². The number of ether oxygens (including phenoxy) is 1. The van der Waals surface area contributed by atoms with E-state index in [2.05, 4.69) is 38.2 Å². The fraction of sp³-hybridized carbons (Fsp3) is 0.429. The Morgan fingerprint density at radius 1 is 0.768 bits per heavy atom. The summed E-state index contributed by atoms with van der Waals surface area (Å²) in [5.74, 6) is -0.707. The number of fused-ring (bicyclic) bond motifs is 2. The zero-order valence-corrected chi connectivity index (χ0v) is 31.7. The summed E-state index contributed by atoms with van der Waals surface area (Å²) in [6, 6.07) is 18.0. The van der Waals surface area contributed by atoms with E-state index < -0.39 is 29.7 Å². The third kappa shape index (κ3) is 6.64.